The van der Waals surface area contributed by atoms with Gasteiger partial charge in [-0.2, -0.15) is 0 Å². The number of hydrogen-bond acceptors (Lipinski definition) is 2. The van der Waals surface area contributed by atoms with E-state index in [-0.39, 0.29) is 0 Å². The van der Waals surface area contributed by atoms with Crippen molar-refractivity contribution in [2.24, 2.45) is 0 Å². The molecule has 62 valence electrons. The lowest BCUT2D eigenvalue weighted by atomic mass is 10.2. The topological polar surface area (TPSA) is 54.7 Å². The lowest BCUT2D eigenvalue weighted by Gasteiger charge is -1.97. The number of rotatable bonds is 0. The average molecular weight is 226 g/mol. The second-order valence-electron chi connectivity index (χ2n) is 2.69. The molecule has 0 aliphatic rings. The summed E-state index contributed by atoms with van der Waals surface area (Å²) in [7, 11) is 0. The van der Waals surface area contributed by atoms with Crippen molar-refractivity contribution in [2.75, 3.05) is 5.73 Å². The van der Waals surface area contributed by atoms with Crippen LogP contribution in [0.25, 0.3) is 10.9 Å². The number of halogens is 1. The predicted molar refractivity (Wildman–Crippen MR) is 52.9 cm³/mol. The van der Waals surface area contributed by atoms with Crippen LogP contribution in [0.5, 0.6) is 0 Å². The molecule has 0 radical (unpaired) electrons. The summed E-state index contributed by atoms with van der Waals surface area (Å²) >= 11 is 3.43. The van der Waals surface area contributed by atoms with Crippen LogP contribution in [0.4, 0.5) is 5.82 Å². The van der Waals surface area contributed by atoms with E-state index in [1.807, 2.05) is 19.2 Å². The molecule has 0 aromatic carbocycles. The van der Waals surface area contributed by atoms with Gasteiger partial charge in [0.1, 0.15) is 5.82 Å². The Hall–Kier alpha value is -1.03. The molecular formula is C8H8BrN3. The maximum atomic E-state index is 5.59. The molecule has 0 saturated carbocycles. The third-order valence-corrected chi connectivity index (χ3v) is 2.44. The normalized spacial score (nSPS) is 10.8. The smallest absolute Gasteiger partial charge is 0.125 e. The number of anilines is 1. The van der Waals surface area contributed by atoms with Gasteiger partial charge < -0.3 is 10.7 Å². The van der Waals surface area contributed by atoms with E-state index in [2.05, 4.69) is 25.9 Å². The first kappa shape index (κ1) is 7.61. The van der Waals surface area contributed by atoms with Gasteiger partial charge in [0.15, 0.2) is 0 Å². The Morgan fingerprint density at radius 1 is 1.58 bits per heavy atom. The zero-order chi connectivity index (χ0) is 8.72. The van der Waals surface area contributed by atoms with Crippen molar-refractivity contribution in [2.45, 2.75) is 6.92 Å². The highest BCUT2D eigenvalue weighted by Gasteiger charge is 2.05. The van der Waals surface area contributed by atoms with Gasteiger partial charge in [0, 0.05) is 22.1 Å². The van der Waals surface area contributed by atoms with Gasteiger partial charge in [-0.05, 0) is 22.9 Å². The molecule has 0 fully saturated rings. The molecule has 4 heteroatoms. The molecule has 0 atom stereocenters. The number of aromatic nitrogens is 2. The fourth-order valence-corrected chi connectivity index (χ4v) is 1.94. The van der Waals surface area contributed by atoms with Crippen molar-refractivity contribution in [3.63, 3.8) is 0 Å². The van der Waals surface area contributed by atoms with E-state index in [1.165, 1.54) is 0 Å². The first-order valence-electron chi connectivity index (χ1n) is 3.58. The van der Waals surface area contributed by atoms with Crippen LogP contribution in [0.15, 0.2) is 16.7 Å². The summed E-state index contributed by atoms with van der Waals surface area (Å²) < 4.78 is 1.03. The van der Waals surface area contributed by atoms with E-state index in [0.717, 1.165) is 21.1 Å². The van der Waals surface area contributed by atoms with Gasteiger partial charge in [0.2, 0.25) is 0 Å². The molecule has 2 aromatic heterocycles. The van der Waals surface area contributed by atoms with E-state index in [0.29, 0.717) is 5.82 Å². The molecule has 3 N–H and O–H groups in total. The van der Waals surface area contributed by atoms with Crippen molar-refractivity contribution in [1.82, 2.24) is 9.97 Å². The second-order valence-corrected chi connectivity index (χ2v) is 3.55. The average Bonchev–Trinajstić information content (AvgIpc) is 2.31. The van der Waals surface area contributed by atoms with Gasteiger partial charge in [-0.15, -0.1) is 0 Å². The van der Waals surface area contributed by atoms with Crippen LogP contribution < -0.4 is 5.73 Å². The van der Waals surface area contributed by atoms with Crippen molar-refractivity contribution in [1.29, 1.82) is 0 Å². The number of hydrogen-bond donors (Lipinski definition) is 2. The molecule has 0 amide bonds. The number of aryl methyl sites for hydroxylation is 1. The van der Waals surface area contributed by atoms with E-state index in [4.69, 9.17) is 5.73 Å². The minimum absolute atomic E-state index is 0.550. The zero-order valence-electron chi connectivity index (χ0n) is 6.56. The molecule has 2 rings (SSSR count). The van der Waals surface area contributed by atoms with Crippen LogP contribution in [0, 0.1) is 6.92 Å². The van der Waals surface area contributed by atoms with Gasteiger partial charge in [-0.3, -0.25) is 0 Å². The number of nitrogens with zero attached hydrogens (tertiary/aromatic N) is 1. The molecular weight excluding hydrogens is 218 g/mol. The summed E-state index contributed by atoms with van der Waals surface area (Å²) in [5.74, 6) is 0.550. The number of aromatic amines is 1. The maximum Gasteiger partial charge on any atom is 0.125 e. The van der Waals surface area contributed by atoms with Crippen LogP contribution in [0.3, 0.4) is 0 Å². The lowest BCUT2D eigenvalue weighted by molar-refractivity contribution is 1.24. The highest BCUT2D eigenvalue weighted by Crippen LogP contribution is 2.26. The Labute approximate surface area is 78.1 Å². The number of nitrogens with two attached hydrogens (primary N) is 1. The molecule has 0 aliphatic carbocycles. The van der Waals surface area contributed by atoms with Crippen LogP contribution in [-0.2, 0) is 0 Å². The fourth-order valence-electron chi connectivity index (χ4n) is 1.33. The van der Waals surface area contributed by atoms with Gasteiger partial charge in [0.25, 0.3) is 0 Å². The third kappa shape index (κ3) is 0.992. The Kier molecular flexibility index (Phi) is 1.58. The molecule has 0 saturated heterocycles. The molecule has 0 bridgehead atoms. The first-order chi connectivity index (χ1) is 5.68. The van der Waals surface area contributed by atoms with Crippen molar-refractivity contribution in [3.8, 4) is 0 Å². The van der Waals surface area contributed by atoms with Crippen molar-refractivity contribution >= 4 is 32.7 Å². The number of H-pyrrole nitrogens is 1. The first-order valence-corrected chi connectivity index (χ1v) is 4.37. The minimum Gasteiger partial charge on any atom is -0.384 e. The van der Waals surface area contributed by atoms with Gasteiger partial charge in [-0.1, -0.05) is 0 Å². The Balaban J connectivity index is 2.93. The maximum absolute atomic E-state index is 5.59. The SMILES string of the molecule is Cc1nc(N)cc2[nH]cc(Br)c12. The summed E-state index contributed by atoms with van der Waals surface area (Å²) in [6.45, 7) is 1.94. The molecule has 0 spiro atoms. The van der Waals surface area contributed by atoms with Crippen LogP contribution in [0.2, 0.25) is 0 Å². The van der Waals surface area contributed by atoms with Gasteiger partial charge in [-0.25, -0.2) is 4.98 Å². The summed E-state index contributed by atoms with van der Waals surface area (Å²) in [6, 6.07) is 1.83. The minimum atomic E-state index is 0.550. The highest BCUT2D eigenvalue weighted by atomic mass is 79.9. The van der Waals surface area contributed by atoms with Crippen molar-refractivity contribution < 1.29 is 0 Å². The number of nitrogens with one attached hydrogen (secondary N) is 1. The largest absolute Gasteiger partial charge is 0.384 e. The standard InChI is InChI=1S/C8H8BrN3/c1-4-8-5(9)3-11-6(8)2-7(10)12-4/h2-3,11H,1H3,(H2,10,12). The summed E-state index contributed by atoms with van der Waals surface area (Å²) in [5.41, 5.74) is 7.55. The molecule has 12 heavy (non-hydrogen) atoms. The predicted octanol–water partition coefficient (Wildman–Crippen LogP) is 2.22. The Bertz CT molecular complexity index is 433. The summed E-state index contributed by atoms with van der Waals surface area (Å²) in [6.07, 6.45) is 1.89. The zero-order valence-corrected chi connectivity index (χ0v) is 8.14. The van der Waals surface area contributed by atoms with E-state index >= 15 is 0 Å². The number of pyridine rings is 1. The molecule has 2 aromatic rings. The molecule has 0 unspecified atom stereocenters. The van der Waals surface area contributed by atoms with E-state index < -0.39 is 0 Å². The lowest BCUT2D eigenvalue weighted by Crippen LogP contribution is -1.92. The van der Waals surface area contributed by atoms with Gasteiger partial charge >= 0.3 is 0 Å². The molecule has 2 heterocycles. The molecule has 0 aliphatic heterocycles. The summed E-state index contributed by atoms with van der Waals surface area (Å²) in [5, 5.41) is 1.10. The van der Waals surface area contributed by atoms with Crippen LogP contribution >= 0.6 is 15.9 Å². The Morgan fingerprint density at radius 2 is 2.33 bits per heavy atom. The van der Waals surface area contributed by atoms with Crippen LogP contribution in [-0.4, -0.2) is 9.97 Å². The summed E-state index contributed by atoms with van der Waals surface area (Å²) in [4.78, 5) is 7.27. The number of fused-ring (bicyclic) bond motifs is 1. The highest BCUT2D eigenvalue weighted by molar-refractivity contribution is 9.10. The van der Waals surface area contributed by atoms with Crippen LogP contribution in [0.1, 0.15) is 5.69 Å². The van der Waals surface area contributed by atoms with Crippen molar-refractivity contribution in [3.05, 3.63) is 22.4 Å². The molecule has 3 nitrogen and oxygen atoms in total. The third-order valence-electron chi connectivity index (χ3n) is 1.81. The monoisotopic (exact) mass is 225 g/mol. The van der Waals surface area contributed by atoms with E-state index in [1.54, 1.807) is 0 Å². The second kappa shape index (κ2) is 2.48. The number of nitrogen functional groups attached to an aromatic ring is 1. The van der Waals surface area contributed by atoms with Gasteiger partial charge in [0.05, 0.1) is 11.2 Å². The Morgan fingerprint density at radius 3 is 3.08 bits per heavy atom. The fraction of sp³-hybridized carbons (Fsp3) is 0.125. The quantitative estimate of drug-likeness (QED) is 0.723. The van der Waals surface area contributed by atoms with E-state index in [9.17, 15) is 0 Å².